The summed E-state index contributed by atoms with van der Waals surface area (Å²) in [6, 6.07) is 11.8. The van der Waals surface area contributed by atoms with Gasteiger partial charge < -0.3 is 16.0 Å². The number of nitrogens with one attached hydrogen (secondary N) is 3. The summed E-state index contributed by atoms with van der Waals surface area (Å²) in [5.74, 6) is 0.497. The van der Waals surface area contributed by atoms with Crippen LogP contribution in [-0.2, 0) is 10.0 Å². The molecule has 1 aliphatic heterocycles. The van der Waals surface area contributed by atoms with Crippen molar-refractivity contribution in [1.82, 2.24) is 24.6 Å². The van der Waals surface area contributed by atoms with Crippen LogP contribution in [0.1, 0.15) is 0 Å². The number of thiazole rings is 1. The molecule has 0 atom stereocenters. The molecule has 1 saturated heterocycles. The fraction of sp³-hybridized carbons (Fsp3) is 0.190. The van der Waals surface area contributed by atoms with Crippen LogP contribution in [0.3, 0.4) is 0 Å². The monoisotopic (exact) mass is 535 g/mol. The van der Waals surface area contributed by atoms with Crippen molar-refractivity contribution in [2.24, 2.45) is 0 Å². The molecule has 2 aromatic carbocycles. The Kier molecular flexibility index (Phi) is 6.56. The summed E-state index contributed by atoms with van der Waals surface area (Å²) in [5, 5.41) is 11.0. The van der Waals surface area contributed by atoms with E-state index >= 15 is 0 Å². The van der Waals surface area contributed by atoms with Crippen molar-refractivity contribution in [1.29, 1.82) is 0 Å². The number of piperazine rings is 1. The molecule has 3 N–H and O–H groups in total. The van der Waals surface area contributed by atoms with Crippen LogP contribution in [0.15, 0.2) is 53.7 Å². The molecule has 2 aromatic heterocycles. The maximum Gasteiger partial charge on any atom is 0.243 e. The average Bonchev–Trinajstić information content (AvgIpc) is 3.26. The van der Waals surface area contributed by atoms with Gasteiger partial charge in [-0.15, -0.1) is 0 Å². The third kappa shape index (κ3) is 4.67. The van der Waals surface area contributed by atoms with Crippen LogP contribution in [-0.4, -0.2) is 53.9 Å². The number of anilines is 4. The molecule has 3 heterocycles. The van der Waals surface area contributed by atoms with Gasteiger partial charge >= 0.3 is 0 Å². The molecule has 9 nitrogen and oxygen atoms in total. The van der Waals surface area contributed by atoms with Crippen molar-refractivity contribution in [2.45, 2.75) is 4.90 Å². The Morgan fingerprint density at radius 3 is 2.38 bits per heavy atom. The van der Waals surface area contributed by atoms with Crippen LogP contribution in [0.2, 0.25) is 10.0 Å². The normalized spacial score (nSPS) is 14.9. The quantitative estimate of drug-likeness (QED) is 0.331. The highest BCUT2D eigenvalue weighted by Crippen LogP contribution is 2.36. The van der Waals surface area contributed by atoms with Gasteiger partial charge in [0.15, 0.2) is 15.8 Å². The van der Waals surface area contributed by atoms with E-state index in [2.05, 4.69) is 30.9 Å². The standard InChI is InChI=1S/C21H19Cl2N7O2S2/c22-15-2-1-3-16(23)17(15)28-21-29-18-19(25-12-26-20(18)33-21)27-13-4-6-14(7-5-13)34(31,32)30-10-8-24-9-11-30/h1-7,12,24H,8-11H2,(H,28,29)(H,25,26,27). The fourth-order valence-corrected chi connectivity index (χ4v) is 6.25. The number of benzene rings is 2. The summed E-state index contributed by atoms with van der Waals surface area (Å²) in [6.45, 7) is 2.22. The highest BCUT2D eigenvalue weighted by Gasteiger charge is 2.25. The van der Waals surface area contributed by atoms with Gasteiger partial charge in [-0.25, -0.2) is 23.4 Å². The summed E-state index contributed by atoms with van der Waals surface area (Å²) >= 11 is 13.8. The van der Waals surface area contributed by atoms with Gasteiger partial charge in [0.25, 0.3) is 0 Å². The number of aromatic nitrogens is 3. The molecule has 5 rings (SSSR count). The van der Waals surface area contributed by atoms with E-state index in [1.54, 1.807) is 42.5 Å². The van der Waals surface area contributed by atoms with Crippen molar-refractivity contribution in [2.75, 3.05) is 36.8 Å². The lowest BCUT2D eigenvalue weighted by Crippen LogP contribution is -2.46. The lowest BCUT2D eigenvalue weighted by atomic mass is 10.3. The van der Waals surface area contributed by atoms with Crippen molar-refractivity contribution >= 4 is 77.2 Å². The van der Waals surface area contributed by atoms with Gasteiger partial charge in [0.05, 0.1) is 20.6 Å². The summed E-state index contributed by atoms with van der Waals surface area (Å²) in [6.07, 6.45) is 1.44. The van der Waals surface area contributed by atoms with Gasteiger partial charge in [-0.1, -0.05) is 40.6 Å². The van der Waals surface area contributed by atoms with Crippen LogP contribution in [0.25, 0.3) is 10.3 Å². The first-order chi connectivity index (χ1) is 16.4. The number of hydrogen-bond acceptors (Lipinski definition) is 9. The molecule has 0 amide bonds. The Morgan fingerprint density at radius 2 is 1.68 bits per heavy atom. The molecule has 1 fully saturated rings. The second kappa shape index (κ2) is 9.61. The summed E-state index contributed by atoms with van der Waals surface area (Å²) in [4.78, 5) is 14.1. The van der Waals surface area contributed by atoms with Gasteiger partial charge in [0.2, 0.25) is 10.0 Å². The molecule has 4 aromatic rings. The van der Waals surface area contributed by atoms with Crippen molar-refractivity contribution in [3.8, 4) is 0 Å². The molecule has 0 radical (unpaired) electrons. The van der Waals surface area contributed by atoms with Crippen molar-refractivity contribution in [3.63, 3.8) is 0 Å². The minimum absolute atomic E-state index is 0.254. The molecule has 0 unspecified atom stereocenters. The lowest BCUT2D eigenvalue weighted by molar-refractivity contribution is 0.360. The van der Waals surface area contributed by atoms with E-state index < -0.39 is 10.0 Å². The first kappa shape index (κ1) is 23.2. The van der Waals surface area contributed by atoms with Crippen LogP contribution in [0.5, 0.6) is 0 Å². The zero-order chi connectivity index (χ0) is 23.7. The van der Waals surface area contributed by atoms with Gasteiger partial charge in [-0.2, -0.15) is 4.31 Å². The molecular formula is C21H19Cl2N7O2S2. The zero-order valence-corrected chi connectivity index (χ0v) is 20.8. The lowest BCUT2D eigenvalue weighted by Gasteiger charge is -2.26. The molecule has 0 spiro atoms. The summed E-state index contributed by atoms with van der Waals surface area (Å²) in [5.41, 5.74) is 1.81. The number of sulfonamides is 1. The van der Waals surface area contributed by atoms with E-state index in [1.807, 2.05) is 0 Å². The molecule has 176 valence electrons. The second-order valence-electron chi connectivity index (χ2n) is 7.42. The minimum atomic E-state index is -3.52. The van der Waals surface area contributed by atoms with E-state index in [-0.39, 0.29) is 4.90 Å². The number of hydrogen-bond donors (Lipinski definition) is 3. The topological polar surface area (TPSA) is 112 Å². The van der Waals surface area contributed by atoms with E-state index in [1.165, 1.54) is 22.0 Å². The molecule has 0 aliphatic carbocycles. The maximum absolute atomic E-state index is 12.9. The highest BCUT2D eigenvalue weighted by molar-refractivity contribution is 7.89. The number of para-hydroxylation sites is 1. The predicted octanol–water partition coefficient (Wildman–Crippen LogP) is 4.47. The van der Waals surface area contributed by atoms with Crippen LogP contribution >= 0.6 is 34.5 Å². The second-order valence-corrected chi connectivity index (χ2v) is 11.2. The van der Waals surface area contributed by atoms with Gasteiger partial charge in [-0.3, -0.25) is 0 Å². The highest BCUT2D eigenvalue weighted by atomic mass is 35.5. The third-order valence-electron chi connectivity index (χ3n) is 5.22. The smallest absolute Gasteiger partial charge is 0.243 e. The van der Waals surface area contributed by atoms with E-state index in [4.69, 9.17) is 23.2 Å². The Balaban J connectivity index is 1.38. The molecule has 34 heavy (non-hydrogen) atoms. The summed E-state index contributed by atoms with van der Waals surface area (Å²) < 4.78 is 27.2. The largest absolute Gasteiger partial charge is 0.338 e. The molecule has 0 saturated carbocycles. The number of nitrogens with zero attached hydrogens (tertiary/aromatic N) is 4. The predicted molar refractivity (Wildman–Crippen MR) is 136 cm³/mol. The fourth-order valence-electron chi connectivity index (χ4n) is 3.50. The Morgan fingerprint density at radius 1 is 0.971 bits per heavy atom. The first-order valence-corrected chi connectivity index (χ1v) is 13.3. The SMILES string of the molecule is O=S(=O)(c1ccc(Nc2ncnc3sc(Nc4c(Cl)cccc4Cl)nc23)cc1)N1CCNCC1. The van der Waals surface area contributed by atoms with Gasteiger partial charge in [0, 0.05) is 31.9 Å². The van der Waals surface area contributed by atoms with E-state index in [0.717, 1.165) is 0 Å². The van der Waals surface area contributed by atoms with Gasteiger partial charge in [-0.05, 0) is 36.4 Å². The molecular weight excluding hydrogens is 517 g/mol. The number of fused-ring (bicyclic) bond motifs is 1. The van der Waals surface area contributed by atoms with E-state index in [9.17, 15) is 8.42 Å². The van der Waals surface area contributed by atoms with Crippen molar-refractivity contribution < 1.29 is 8.42 Å². The van der Waals surface area contributed by atoms with Crippen LogP contribution in [0, 0.1) is 0 Å². The third-order valence-corrected chi connectivity index (χ3v) is 8.64. The Labute approximate surface area is 210 Å². The van der Waals surface area contributed by atoms with Crippen molar-refractivity contribution in [3.05, 3.63) is 58.8 Å². The average molecular weight is 536 g/mol. The number of halogens is 2. The van der Waals surface area contributed by atoms with Crippen LogP contribution < -0.4 is 16.0 Å². The minimum Gasteiger partial charge on any atom is -0.338 e. The summed E-state index contributed by atoms with van der Waals surface area (Å²) in [7, 11) is -3.52. The zero-order valence-electron chi connectivity index (χ0n) is 17.6. The van der Waals surface area contributed by atoms with Crippen LogP contribution in [0.4, 0.5) is 22.3 Å². The molecule has 0 bridgehead atoms. The Bertz CT molecular complexity index is 1420. The Hall–Kier alpha value is -2.54. The molecule has 13 heteroatoms. The number of rotatable bonds is 6. The van der Waals surface area contributed by atoms with E-state index in [0.29, 0.717) is 68.9 Å². The molecule has 1 aliphatic rings. The first-order valence-electron chi connectivity index (χ1n) is 10.3. The van der Waals surface area contributed by atoms with Gasteiger partial charge in [0.1, 0.15) is 11.8 Å². The maximum atomic E-state index is 12.9.